The number of carbonyl (C=O) groups is 3. The van der Waals surface area contributed by atoms with Gasteiger partial charge in [0, 0.05) is 12.5 Å². The van der Waals surface area contributed by atoms with Gasteiger partial charge in [-0.15, -0.1) is 0 Å². The number of benzene rings is 1. The SMILES string of the molecule is O=C(N[C@H]1CCN2C(=O)c3ccccc3NC(=O)[C@H]12)C1CCCC1. The molecule has 1 saturated heterocycles. The molecule has 6 heteroatoms. The fraction of sp³-hybridized carbons (Fsp3) is 0.500. The van der Waals surface area contributed by atoms with Crippen molar-refractivity contribution in [2.75, 3.05) is 11.9 Å². The second kappa shape index (κ2) is 5.92. The summed E-state index contributed by atoms with van der Waals surface area (Å²) in [6.45, 7) is 0.487. The van der Waals surface area contributed by atoms with E-state index in [1.807, 2.05) is 0 Å². The van der Waals surface area contributed by atoms with Crippen LogP contribution >= 0.6 is 0 Å². The number of hydrogen-bond acceptors (Lipinski definition) is 3. The molecule has 1 aromatic rings. The summed E-state index contributed by atoms with van der Waals surface area (Å²) in [7, 11) is 0. The molecule has 1 saturated carbocycles. The lowest BCUT2D eigenvalue weighted by atomic mass is 10.0. The van der Waals surface area contributed by atoms with Gasteiger partial charge in [-0.3, -0.25) is 14.4 Å². The van der Waals surface area contributed by atoms with E-state index in [9.17, 15) is 14.4 Å². The molecule has 0 unspecified atom stereocenters. The Balaban J connectivity index is 1.56. The Morgan fingerprint density at radius 3 is 2.67 bits per heavy atom. The first kappa shape index (κ1) is 15.2. The summed E-state index contributed by atoms with van der Waals surface area (Å²) in [4.78, 5) is 39.5. The van der Waals surface area contributed by atoms with Crippen LogP contribution in [0.5, 0.6) is 0 Å². The topological polar surface area (TPSA) is 78.5 Å². The maximum absolute atomic E-state index is 12.8. The van der Waals surface area contributed by atoms with E-state index < -0.39 is 6.04 Å². The molecule has 6 nitrogen and oxygen atoms in total. The molecule has 3 aliphatic rings. The van der Waals surface area contributed by atoms with Gasteiger partial charge in [-0.05, 0) is 31.4 Å². The van der Waals surface area contributed by atoms with Gasteiger partial charge in [-0.2, -0.15) is 0 Å². The fourth-order valence-corrected chi connectivity index (χ4v) is 4.12. The Kier molecular flexibility index (Phi) is 3.75. The summed E-state index contributed by atoms with van der Waals surface area (Å²) in [5.41, 5.74) is 1.05. The zero-order chi connectivity index (χ0) is 16.7. The van der Waals surface area contributed by atoms with Crippen LogP contribution in [0.2, 0.25) is 0 Å². The van der Waals surface area contributed by atoms with Crippen LogP contribution in [0.4, 0.5) is 5.69 Å². The quantitative estimate of drug-likeness (QED) is 0.864. The summed E-state index contributed by atoms with van der Waals surface area (Å²) < 4.78 is 0. The molecule has 4 rings (SSSR count). The summed E-state index contributed by atoms with van der Waals surface area (Å²) in [6, 6.07) is 6.11. The number of rotatable bonds is 2. The van der Waals surface area contributed by atoms with Crippen LogP contribution in [-0.4, -0.2) is 41.2 Å². The third kappa shape index (κ3) is 2.46. The molecular weight excluding hydrogens is 306 g/mol. The summed E-state index contributed by atoms with van der Waals surface area (Å²) in [5.74, 6) is -0.281. The van der Waals surface area contributed by atoms with Gasteiger partial charge in [-0.25, -0.2) is 0 Å². The zero-order valence-corrected chi connectivity index (χ0v) is 13.5. The average molecular weight is 327 g/mol. The maximum atomic E-state index is 12.8. The number of amides is 3. The van der Waals surface area contributed by atoms with Crippen molar-refractivity contribution in [3.05, 3.63) is 29.8 Å². The second-order valence-electron chi connectivity index (χ2n) is 6.86. The van der Waals surface area contributed by atoms with Gasteiger partial charge in [0.25, 0.3) is 5.91 Å². The second-order valence-corrected chi connectivity index (χ2v) is 6.86. The van der Waals surface area contributed by atoms with Crippen LogP contribution < -0.4 is 10.6 Å². The highest BCUT2D eigenvalue weighted by Crippen LogP contribution is 2.30. The number of hydrogen-bond donors (Lipinski definition) is 2. The molecule has 2 heterocycles. The van der Waals surface area contributed by atoms with E-state index >= 15 is 0 Å². The van der Waals surface area contributed by atoms with Crippen LogP contribution in [0.25, 0.3) is 0 Å². The van der Waals surface area contributed by atoms with Crippen molar-refractivity contribution in [3.8, 4) is 0 Å². The number of para-hydroxylation sites is 1. The Bertz CT molecular complexity index is 697. The number of nitrogens with one attached hydrogen (secondary N) is 2. The average Bonchev–Trinajstić information content (AvgIpc) is 3.22. The van der Waals surface area contributed by atoms with Gasteiger partial charge >= 0.3 is 0 Å². The number of fused-ring (bicyclic) bond motifs is 2. The van der Waals surface area contributed by atoms with Gasteiger partial charge in [0.2, 0.25) is 11.8 Å². The van der Waals surface area contributed by atoms with E-state index in [1.54, 1.807) is 29.2 Å². The molecule has 1 aromatic carbocycles. The summed E-state index contributed by atoms with van der Waals surface area (Å²) >= 11 is 0. The molecule has 1 aliphatic carbocycles. The molecule has 0 aromatic heterocycles. The van der Waals surface area contributed by atoms with E-state index in [2.05, 4.69) is 10.6 Å². The minimum atomic E-state index is -0.629. The smallest absolute Gasteiger partial charge is 0.256 e. The Morgan fingerprint density at radius 2 is 1.88 bits per heavy atom. The van der Waals surface area contributed by atoms with Gasteiger partial charge in [-0.1, -0.05) is 25.0 Å². The predicted molar refractivity (Wildman–Crippen MR) is 88.4 cm³/mol. The Hall–Kier alpha value is -2.37. The highest BCUT2D eigenvalue weighted by molar-refractivity contribution is 6.10. The van der Waals surface area contributed by atoms with Gasteiger partial charge in [0.05, 0.1) is 17.3 Å². The van der Waals surface area contributed by atoms with Crippen LogP contribution in [0.1, 0.15) is 42.5 Å². The molecule has 2 atom stereocenters. The van der Waals surface area contributed by atoms with Crippen LogP contribution in [-0.2, 0) is 9.59 Å². The van der Waals surface area contributed by atoms with Gasteiger partial charge in [0.15, 0.2) is 0 Å². The van der Waals surface area contributed by atoms with Crippen molar-refractivity contribution in [1.82, 2.24) is 10.2 Å². The maximum Gasteiger partial charge on any atom is 0.256 e. The zero-order valence-electron chi connectivity index (χ0n) is 13.5. The van der Waals surface area contributed by atoms with Crippen LogP contribution in [0.15, 0.2) is 24.3 Å². The molecule has 2 N–H and O–H groups in total. The molecule has 24 heavy (non-hydrogen) atoms. The van der Waals surface area contributed by atoms with E-state index in [1.165, 1.54) is 0 Å². The van der Waals surface area contributed by atoms with Crippen molar-refractivity contribution >= 4 is 23.4 Å². The van der Waals surface area contributed by atoms with Gasteiger partial charge < -0.3 is 15.5 Å². The first-order chi connectivity index (χ1) is 11.6. The first-order valence-corrected chi connectivity index (χ1v) is 8.66. The van der Waals surface area contributed by atoms with Gasteiger partial charge in [0.1, 0.15) is 6.04 Å². The molecule has 0 bridgehead atoms. The van der Waals surface area contributed by atoms with Crippen molar-refractivity contribution in [3.63, 3.8) is 0 Å². The van der Waals surface area contributed by atoms with E-state index in [-0.39, 0.29) is 29.7 Å². The molecular formula is C18H21N3O3. The molecule has 2 aliphatic heterocycles. The Morgan fingerprint density at radius 1 is 1.12 bits per heavy atom. The first-order valence-electron chi connectivity index (χ1n) is 8.66. The molecule has 3 amide bonds. The molecule has 0 spiro atoms. The van der Waals surface area contributed by atoms with Crippen LogP contribution in [0, 0.1) is 5.92 Å². The number of anilines is 1. The van der Waals surface area contributed by atoms with Crippen molar-refractivity contribution in [2.45, 2.75) is 44.2 Å². The molecule has 0 radical (unpaired) electrons. The Labute approximate surface area is 140 Å². The summed E-state index contributed by atoms with van der Waals surface area (Å²) in [5, 5.41) is 5.88. The lowest BCUT2D eigenvalue weighted by Crippen LogP contribution is -2.52. The highest BCUT2D eigenvalue weighted by Gasteiger charge is 2.45. The fourth-order valence-electron chi connectivity index (χ4n) is 4.12. The molecule has 2 fully saturated rings. The van der Waals surface area contributed by atoms with Crippen LogP contribution in [0.3, 0.4) is 0 Å². The van der Waals surface area contributed by atoms with Crippen molar-refractivity contribution in [2.24, 2.45) is 5.92 Å². The monoisotopic (exact) mass is 327 g/mol. The minimum absolute atomic E-state index is 0.0290. The van der Waals surface area contributed by atoms with E-state index in [0.717, 1.165) is 25.7 Å². The largest absolute Gasteiger partial charge is 0.350 e. The van der Waals surface area contributed by atoms with Crippen molar-refractivity contribution in [1.29, 1.82) is 0 Å². The minimum Gasteiger partial charge on any atom is -0.350 e. The third-order valence-corrected chi connectivity index (χ3v) is 5.40. The standard InChI is InChI=1S/C18H21N3O3/c22-16(11-5-1-2-6-11)20-14-9-10-21-15(14)17(23)19-13-8-4-3-7-12(13)18(21)24/h3-4,7-8,11,14-15H,1-2,5-6,9-10H2,(H,19,23)(H,20,22)/t14-,15-/m0/s1. The lowest BCUT2D eigenvalue weighted by molar-refractivity contribution is -0.126. The van der Waals surface area contributed by atoms with Crippen molar-refractivity contribution < 1.29 is 14.4 Å². The number of carbonyl (C=O) groups excluding carboxylic acids is 3. The lowest BCUT2D eigenvalue weighted by Gasteiger charge is -2.25. The third-order valence-electron chi connectivity index (χ3n) is 5.40. The molecule has 126 valence electrons. The van der Waals surface area contributed by atoms with E-state index in [4.69, 9.17) is 0 Å². The predicted octanol–water partition coefficient (Wildman–Crippen LogP) is 1.53. The normalized spacial score (nSPS) is 26.6. The highest BCUT2D eigenvalue weighted by atomic mass is 16.2. The summed E-state index contributed by atoms with van der Waals surface area (Å²) in [6.07, 6.45) is 4.64. The van der Waals surface area contributed by atoms with E-state index in [0.29, 0.717) is 24.2 Å². The number of nitrogens with zero attached hydrogens (tertiary/aromatic N) is 1.